The Morgan fingerprint density at radius 2 is 1.83 bits per heavy atom. The maximum absolute atomic E-state index is 12.6. The lowest BCUT2D eigenvalue weighted by molar-refractivity contribution is -0.151. The molecule has 8 nitrogen and oxygen atoms in total. The molecular formula is C15H20N4O4. The van der Waals surface area contributed by atoms with Crippen molar-refractivity contribution in [2.45, 2.75) is 31.3 Å². The van der Waals surface area contributed by atoms with Gasteiger partial charge in [-0.2, -0.15) is 0 Å². The number of piperidine rings is 1. The molecule has 3 rings (SSSR count). The van der Waals surface area contributed by atoms with Gasteiger partial charge in [0.05, 0.1) is 18.9 Å². The van der Waals surface area contributed by atoms with Crippen molar-refractivity contribution in [2.24, 2.45) is 0 Å². The molecule has 2 aliphatic heterocycles. The highest BCUT2D eigenvalue weighted by atomic mass is 16.4. The number of nitrogens with zero attached hydrogens (tertiary/aromatic N) is 4. The van der Waals surface area contributed by atoms with E-state index in [-0.39, 0.29) is 18.1 Å². The topological polar surface area (TPSA) is 107 Å². The molecule has 0 aliphatic carbocycles. The number of hydrogen-bond acceptors (Lipinski definition) is 6. The molecule has 0 spiro atoms. The van der Waals surface area contributed by atoms with Gasteiger partial charge in [-0.25, -0.2) is 14.8 Å². The highest BCUT2D eigenvalue weighted by molar-refractivity contribution is 5.86. The fourth-order valence-corrected chi connectivity index (χ4v) is 3.22. The predicted octanol–water partition coefficient (Wildman–Crippen LogP) is 0.128. The molecule has 0 saturated carbocycles. The van der Waals surface area contributed by atoms with Crippen molar-refractivity contribution in [3.63, 3.8) is 0 Å². The van der Waals surface area contributed by atoms with Crippen molar-refractivity contribution in [1.82, 2.24) is 14.9 Å². The molecule has 2 fully saturated rings. The molecule has 1 aromatic rings. The lowest BCUT2D eigenvalue weighted by Gasteiger charge is -2.40. The highest BCUT2D eigenvalue weighted by Gasteiger charge is 2.43. The van der Waals surface area contributed by atoms with E-state index in [1.54, 1.807) is 9.80 Å². The van der Waals surface area contributed by atoms with Gasteiger partial charge in [-0.1, -0.05) is 0 Å². The van der Waals surface area contributed by atoms with E-state index in [1.165, 1.54) is 12.4 Å². The average molecular weight is 320 g/mol. The van der Waals surface area contributed by atoms with Crippen LogP contribution in [0.5, 0.6) is 0 Å². The number of β-amino-alcohol motifs (C(OH)–C–C–N with tert-alkyl or cyclic N) is 1. The lowest BCUT2D eigenvalue weighted by Crippen LogP contribution is -2.58. The first-order valence-corrected chi connectivity index (χ1v) is 7.82. The summed E-state index contributed by atoms with van der Waals surface area (Å²) in [6, 6.07) is 0. The van der Waals surface area contributed by atoms with E-state index < -0.39 is 11.6 Å². The van der Waals surface area contributed by atoms with Gasteiger partial charge in [0.15, 0.2) is 11.3 Å². The highest BCUT2D eigenvalue weighted by Crippen LogP contribution is 2.27. The van der Waals surface area contributed by atoms with Gasteiger partial charge in [0, 0.05) is 19.6 Å². The van der Waals surface area contributed by atoms with Crippen LogP contribution < -0.4 is 4.90 Å². The van der Waals surface area contributed by atoms with Crippen LogP contribution >= 0.6 is 0 Å². The Morgan fingerprint density at radius 3 is 2.43 bits per heavy atom. The van der Waals surface area contributed by atoms with E-state index in [0.29, 0.717) is 38.3 Å². The molecule has 2 saturated heterocycles. The van der Waals surface area contributed by atoms with Crippen molar-refractivity contribution in [2.75, 3.05) is 31.1 Å². The summed E-state index contributed by atoms with van der Waals surface area (Å²) in [4.78, 5) is 34.8. The molecule has 0 bridgehead atoms. The van der Waals surface area contributed by atoms with E-state index in [2.05, 4.69) is 9.97 Å². The molecule has 1 atom stereocenters. The minimum absolute atomic E-state index is 0.130. The minimum atomic E-state index is -1.41. The van der Waals surface area contributed by atoms with E-state index >= 15 is 0 Å². The first-order valence-electron chi connectivity index (χ1n) is 7.82. The number of hydrogen-bond donors (Lipinski definition) is 2. The van der Waals surface area contributed by atoms with Gasteiger partial charge in [0.2, 0.25) is 0 Å². The van der Waals surface area contributed by atoms with Crippen LogP contribution in [-0.4, -0.2) is 68.7 Å². The van der Waals surface area contributed by atoms with Crippen LogP contribution in [0.25, 0.3) is 0 Å². The number of carbonyl (C=O) groups is 2. The number of aromatic carboxylic acids is 1. The first kappa shape index (κ1) is 15.7. The lowest BCUT2D eigenvalue weighted by atomic mass is 9.91. The summed E-state index contributed by atoms with van der Waals surface area (Å²) >= 11 is 0. The molecule has 3 heterocycles. The Kier molecular flexibility index (Phi) is 4.16. The summed E-state index contributed by atoms with van der Waals surface area (Å²) in [6.07, 6.45) is 5.61. The Labute approximate surface area is 133 Å². The van der Waals surface area contributed by atoms with Crippen LogP contribution in [0, 0.1) is 0 Å². The largest absolute Gasteiger partial charge is 0.476 e. The summed E-state index contributed by atoms with van der Waals surface area (Å²) in [5, 5.41) is 19.7. The quantitative estimate of drug-likeness (QED) is 0.815. The molecule has 2 aliphatic rings. The fraction of sp³-hybridized carbons (Fsp3) is 0.600. The van der Waals surface area contributed by atoms with Crippen molar-refractivity contribution >= 4 is 17.7 Å². The van der Waals surface area contributed by atoms with Crippen molar-refractivity contribution < 1.29 is 19.8 Å². The van der Waals surface area contributed by atoms with Crippen LogP contribution in [0.3, 0.4) is 0 Å². The number of carboxylic acids is 1. The Balaban J connectivity index is 1.74. The zero-order valence-corrected chi connectivity index (χ0v) is 12.8. The number of amides is 1. The van der Waals surface area contributed by atoms with Gasteiger partial charge in [-0.05, 0) is 25.7 Å². The normalized spacial score (nSPS) is 24.7. The van der Waals surface area contributed by atoms with Gasteiger partial charge in [0.25, 0.3) is 5.91 Å². The zero-order valence-electron chi connectivity index (χ0n) is 12.8. The van der Waals surface area contributed by atoms with E-state index in [0.717, 1.165) is 12.8 Å². The second-order valence-corrected chi connectivity index (χ2v) is 6.12. The van der Waals surface area contributed by atoms with E-state index in [9.17, 15) is 14.7 Å². The van der Waals surface area contributed by atoms with Gasteiger partial charge in [-0.3, -0.25) is 4.79 Å². The number of likely N-dealkylation sites (tertiary alicyclic amines) is 1. The van der Waals surface area contributed by atoms with Crippen LogP contribution in [-0.2, 0) is 4.79 Å². The number of aliphatic hydroxyl groups is 1. The number of anilines is 1. The maximum Gasteiger partial charge on any atom is 0.356 e. The Morgan fingerprint density at radius 1 is 1.09 bits per heavy atom. The summed E-state index contributed by atoms with van der Waals surface area (Å²) in [5.41, 5.74) is -1.54. The van der Waals surface area contributed by atoms with Crippen LogP contribution in [0.4, 0.5) is 5.82 Å². The van der Waals surface area contributed by atoms with Gasteiger partial charge in [-0.15, -0.1) is 0 Å². The average Bonchev–Trinajstić information content (AvgIpc) is 3.08. The molecule has 23 heavy (non-hydrogen) atoms. The van der Waals surface area contributed by atoms with E-state index in [1.807, 2.05) is 0 Å². The molecule has 1 unspecified atom stereocenters. The third-order valence-electron chi connectivity index (χ3n) is 4.44. The van der Waals surface area contributed by atoms with Crippen molar-refractivity contribution in [1.29, 1.82) is 0 Å². The number of rotatable bonds is 3. The molecule has 124 valence electrons. The Hall–Kier alpha value is -2.22. The number of aromatic nitrogens is 2. The van der Waals surface area contributed by atoms with Crippen LogP contribution in [0.15, 0.2) is 12.4 Å². The fourth-order valence-electron chi connectivity index (χ4n) is 3.22. The molecule has 2 N–H and O–H groups in total. The number of carboxylic acid groups (broad SMARTS) is 1. The van der Waals surface area contributed by atoms with Crippen LogP contribution in [0.1, 0.15) is 36.2 Å². The SMILES string of the molecule is O=C(O)c1cnc(N2CCCC(O)(C(=O)N3CCCC3)C2)cn1. The Bertz CT molecular complexity index is 600. The summed E-state index contributed by atoms with van der Waals surface area (Å²) in [5.74, 6) is -0.874. The summed E-state index contributed by atoms with van der Waals surface area (Å²) < 4.78 is 0. The molecule has 8 heteroatoms. The number of carbonyl (C=O) groups excluding carboxylic acids is 1. The van der Waals surface area contributed by atoms with Gasteiger partial charge < -0.3 is 20.0 Å². The second-order valence-electron chi connectivity index (χ2n) is 6.12. The standard InChI is InChI=1S/C15H20N4O4/c20-13(21)11-8-17-12(9-16-11)19-7-3-4-15(23,10-19)14(22)18-5-1-2-6-18/h8-9,23H,1-7,10H2,(H,20,21). The van der Waals surface area contributed by atoms with Crippen molar-refractivity contribution in [3.05, 3.63) is 18.1 Å². The third-order valence-corrected chi connectivity index (χ3v) is 4.44. The zero-order chi connectivity index (χ0) is 16.4. The van der Waals surface area contributed by atoms with Crippen LogP contribution in [0.2, 0.25) is 0 Å². The second kappa shape index (κ2) is 6.11. The minimum Gasteiger partial charge on any atom is -0.476 e. The maximum atomic E-state index is 12.6. The predicted molar refractivity (Wildman–Crippen MR) is 81.2 cm³/mol. The summed E-state index contributed by atoms with van der Waals surface area (Å²) in [7, 11) is 0. The summed E-state index contributed by atoms with van der Waals surface area (Å²) in [6.45, 7) is 2.21. The van der Waals surface area contributed by atoms with Crippen molar-refractivity contribution in [3.8, 4) is 0 Å². The molecular weight excluding hydrogens is 300 g/mol. The monoisotopic (exact) mass is 320 g/mol. The smallest absolute Gasteiger partial charge is 0.356 e. The van der Waals surface area contributed by atoms with Gasteiger partial charge in [0.1, 0.15) is 5.82 Å². The first-order chi connectivity index (χ1) is 11.0. The third kappa shape index (κ3) is 3.12. The molecule has 1 amide bonds. The molecule has 1 aromatic heterocycles. The van der Waals surface area contributed by atoms with Gasteiger partial charge >= 0.3 is 5.97 Å². The van der Waals surface area contributed by atoms with E-state index in [4.69, 9.17) is 5.11 Å². The molecule has 0 aromatic carbocycles. The molecule has 0 radical (unpaired) electrons.